The molecule has 0 aliphatic heterocycles. The fraction of sp³-hybridized carbons (Fsp3) is 0.533. The van der Waals surface area contributed by atoms with Gasteiger partial charge in [-0.05, 0) is 12.0 Å². The first-order valence-corrected chi connectivity index (χ1v) is 6.71. The zero-order valence-corrected chi connectivity index (χ0v) is 12.0. The molecule has 20 heavy (non-hydrogen) atoms. The number of hydrogen-bond acceptors (Lipinski definition) is 5. The molecule has 0 amide bonds. The normalized spacial score (nSPS) is 13.8. The first-order valence-electron chi connectivity index (χ1n) is 6.71. The molecular weight excluding hydrogens is 258 g/mol. The van der Waals surface area contributed by atoms with E-state index in [1.807, 2.05) is 30.3 Å². The van der Waals surface area contributed by atoms with Crippen LogP contribution in [0.15, 0.2) is 30.3 Å². The maximum Gasteiger partial charge on any atom is 0.305 e. The zero-order valence-electron chi connectivity index (χ0n) is 12.0. The van der Waals surface area contributed by atoms with Crippen molar-refractivity contribution < 1.29 is 19.4 Å². The zero-order chi connectivity index (χ0) is 14.8. The first-order chi connectivity index (χ1) is 9.69. The van der Waals surface area contributed by atoms with Crippen molar-refractivity contribution in [3.05, 3.63) is 35.9 Å². The number of methoxy groups -OCH3 is 2. The van der Waals surface area contributed by atoms with Crippen LogP contribution in [0.25, 0.3) is 0 Å². The fourth-order valence-corrected chi connectivity index (χ4v) is 1.98. The second-order valence-corrected chi connectivity index (χ2v) is 4.52. The van der Waals surface area contributed by atoms with Gasteiger partial charge in [0.25, 0.3) is 0 Å². The highest BCUT2D eigenvalue weighted by molar-refractivity contribution is 5.69. The molecule has 5 nitrogen and oxygen atoms in total. The van der Waals surface area contributed by atoms with E-state index in [1.165, 1.54) is 7.11 Å². The first kappa shape index (κ1) is 16.6. The summed E-state index contributed by atoms with van der Waals surface area (Å²) in [6.45, 7) is 1.17. The lowest BCUT2D eigenvalue weighted by Crippen LogP contribution is -2.37. The summed E-state index contributed by atoms with van der Waals surface area (Å²) in [6.07, 6.45) is 0.107. The Morgan fingerprint density at radius 1 is 1.30 bits per heavy atom. The molecule has 0 aliphatic rings. The fourth-order valence-electron chi connectivity index (χ4n) is 1.98. The van der Waals surface area contributed by atoms with Gasteiger partial charge in [-0.3, -0.25) is 4.79 Å². The van der Waals surface area contributed by atoms with Gasteiger partial charge in [-0.2, -0.15) is 0 Å². The Balaban J connectivity index is 2.62. The number of aliphatic hydroxyl groups is 1. The minimum atomic E-state index is -0.669. The summed E-state index contributed by atoms with van der Waals surface area (Å²) in [6, 6.07) is 9.18. The van der Waals surface area contributed by atoms with Gasteiger partial charge < -0.3 is 19.9 Å². The smallest absolute Gasteiger partial charge is 0.305 e. The van der Waals surface area contributed by atoms with E-state index in [0.717, 1.165) is 5.56 Å². The van der Waals surface area contributed by atoms with Crippen LogP contribution in [-0.2, 0) is 14.3 Å². The maximum absolute atomic E-state index is 11.2. The molecule has 0 saturated carbocycles. The predicted octanol–water partition coefficient (Wildman–Crippen LogP) is 1.28. The molecule has 5 heteroatoms. The van der Waals surface area contributed by atoms with Crippen molar-refractivity contribution in [3.8, 4) is 0 Å². The predicted molar refractivity (Wildman–Crippen MR) is 76.3 cm³/mol. The molecule has 0 spiro atoms. The molecule has 2 atom stereocenters. The third-order valence-electron chi connectivity index (χ3n) is 3.12. The van der Waals surface area contributed by atoms with Gasteiger partial charge in [0.2, 0.25) is 0 Å². The van der Waals surface area contributed by atoms with Crippen molar-refractivity contribution in [3.63, 3.8) is 0 Å². The van der Waals surface area contributed by atoms with Crippen LogP contribution in [0.3, 0.4) is 0 Å². The van der Waals surface area contributed by atoms with Gasteiger partial charge in [-0.15, -0.1) is 0 Å². The lowest BCUT2D eigenvalue weighted by molar-refractivity contribution is -0.141. The van der Waals surface area contributed by atoms with Crippen molar-refractivity contribution in [2.24, 2.45) is 0 Å². The lowest BCUT2D eigenvalue weighted by Gasteiger charge is -2.24. The van der Waals surface area contributed by atoms with E-state index < -0.39 is 6.10 Å². The lowest BCUT2D eigenvalue weighted by atomic mass is 9.98. The number of carbonyl (C=O) groups excluding carboxylic acids is 1. The molecule has 0 bridgehead atoms. The Kier molecular flexibility index (Phi) is 7.87. The van der Waals surface area contributed by atoms with Crippen molar-refractivity contribution in [1.82, 2.24) is 5.32 Å². The van der Waals surface area contributed by atoms with E-state index >= 15 is 0 Å². The molecule has 1 rings (SSSR count). The molecule has 2 N–H and O–H groups in total. The number of rotatable bonds is 9. The van der Waals surface area contributed by atoms with Crippen LogP contribution in [0.4, 0.5) is 0 Å². The van der Waals surface area contributed by atoms with Gasteiger partial charge >= 0.3 is 5.97 Å². The molecular formula is C15H23NO4. The molecule has 1 aromatic carbocycles. The molecule has 2 unspecified atom stereocenters. The molecule has 0 fully saturated rings. The number of ether oxygens (including phenoxy) is 2. The number of nitrogens with one attached hydrogen (secondary N) is 1. The summed E-state index contributed by atoms with van der Waals surface area (Å²) in [7, 11) is 2.99. The van der Waals surface area contributed by atoms with E-state index in [1.54, 1.807) is 7.11 Å². The van der Waals surface area contributed by atoms with Gasteiger partial charge in [0, 0.05) is 26.1 Å². The Hall–Kier alpha value is -1.43. The molecule has 0 aliphatic carbocycles. The summed E-state index contributed by atoms with van der Waals surface area (Å²) in [5.41, 5.74) is 0.826. The number of carbonyl (C=O) groups is 1. The van der Waals surface area contributed by atoms with Crippen LogP contribution in [-0.4, -0.2) is 44.5 Å². The summed E-state index contributed by atoms with van der Waals surface area (Å²) in [5, 5.41) is 13.6. The topological polar surface area (TPSA) is 67.8 Å². The number of aliphatic hydroxyl groups excluding tert-OH is 1. The highest BCUT2D eigenvalue weighted by Gasteiger charge is 2.21. The summed E-state index contributed by atoms with van der Waals surface area (Å²) in [4.78, 5) is 11.2. The maximum atomic E-state index is 11.2. The van der Waals surface area contributed by atoms with Gasteiger partial charge in [-0.25, -0.2) is 0 Å². The summed E-state index contributed by atoms with van der Waals surface area (Å²) >= 11 is 0. The second kappa shape index (κ2) is 9.47. The van der Waals surface area contributed by atoms with Crippen LogP contribution in [0.5, 0.6) is 0 Å². The van der Waals surface area contributed by atoms with Gasteiger partial charge in [0.15, 0.2) is 0 Å². The minimum Gasteiger partial charge on any atom is -0.469 e. The van der Waals surface area contributed by atoms with Crippen LogP contribution < -0.4 is 5.32 Å². The van der Waals surface area contributed by atoms with E-state index in [9.17, 15) is 9.90 Å². The van der Waals surface area contributed by atoms with Crippen molar-refractivity contribution in [2.45, 2.75) is 25.0 Å². The van der Waals surface area contributed by atoms with Crippen LogP contribution in [0, 0.1) is 0 Å². The molecule has 0 radical (unpaired) electrons. The van der Waals surface area contributed by atoms with Crippen LogP contribution in [0.1, 0.15) is 24.5 Å². The molecule has 0 aromatic heterocycles. The molecule has 0 saturated heterocycles. The van der Waals surface area contributed by atoms with Crippen molar-refractivity contribution in [2.75, 3.05) is 27.4 Å². The Labute approximate surface area is 119 Å². The quantitative estimate of drug-likeness (QED) is 0.527. The third-order valence-corrected chi connectivity index (χ3v) is 3.12. The van der Waals surface area contributed by atoms with Crippen LogP contribution in [0.2, 0.25) is 0 Å². The Bertz CT molecular complexity index is 383. The average Bonchev–Trinajstić information content (AvgIpc) is 2.50. The van der Waals surface area contributed by atoms with Crippen molar-refractivity contribution in [1.29, 1.82) is 0 Å². The van der Waals surface area contributed by atoms with Gasteiger partial charge in [0.05, 0.1) is 19.8 Å². The van der Waals surface area contributed by atoms with E-state index in [2.05, 4.69) is 10.1 Å². The number of benzene rings is 1. The SMILES string of the molecule is COCCNC(CCC(=O)OC)C(O)c1ccccc1. The van der Waals surface area contributed by atoms with E-state index in [4.69, 9.17) is 4.74 Å². The Morgan fingerprint density at radius 3 is 2.60 bits per heavy atom. The molecule has 112 valence electrons. The molecule has 1 aromatic rings. The average molecular weight is 281 g/mol. The Morgan fingerprint density at radius 2 is 2.00 bits per heavy atom. The molecule has 0 heterocycles. The monoisotopic (exact) mass is 281 g/mol. The highest BCUT2D eigenvalue weighted by Crippen LogP contribution is 2.19. The van der Waals surface area contributed by atoms with Crippen molar-refractivity contribution >= 4 is 5.97 Å². The van der Waals surface area contributed by atoms with E-state index in [0.29, 0.717) is 19.6 Å². The standard InChI is InChI=1S/C15H23NO4/c1-19-11-10-16-13(8-9-14(17)20-2)15(18)12-6-4-3-5-7-12/h3-7,13,15-16,18H,8-11H2,1-2H3. The van der Waals surface area contributed by atoms with Gasteiger partial charge in [0.1, 0.15) is 0 Å². The number of hydrogen-bond donors (Lipinski definition) is 2. The van der Waals surface area contributed by atoms with E-state index in [-0.39, 0.29) is 18.4 Å². The third kappa shape index (κ3) is 5.69. The summed E-state index contributed by atoms with van der Waals surface area (Å²) < 4.78 is 9.63. The summed E-state index contributed by atoms with van der Waals surface area (Å²) in [5.74, 6) is -0.274. The van der Waals surface area contributed by atoms with Crippen LogP contribution >= 0.6 is 0 Å². The minimum absolute atomic E-state index is 0.216. The highest BCUT2D eigenvalue weighted by atomic mass is 16.5. The van der Waals surface area contributed by atoms with Gasteiger partial charge in [-0.1, -0.05) is 30.3 Å². The number of esters is 1. The second-order valence-electron chi connectivity index (χ2n) is 4.52. The largest absolute Gasteiger partial charge is 0.469 e.